The molecule has 122 valence electrons. The number of ether oxygens (including phenoxy) is 1. The summed E-state index contributed by atoms with van der Waals surface area (Å²) in [4.78, 5) is 16.1. The highest BCUT2D eigenvalue weighted by molar-refractivity contribution is 6.29. The topological polar surface area (TPSA) is 59.4 Å². The van der Waals surface area contributed by atoms with Gasteiger partial charge in [0.05, 0.1) is 7.11 Å². The molecule has 2 rings (SSSR count). The minimum Gasteiger partial charge on any atom is -0.497 e. The number of nitrogens with zero attached hydrogens (tertiary/aromatic N) is 1. The predicted molar refractivity (Wildman–Crippen MR) is 89.8 cm³/mol. The lowest BCUT2D eigenvalue weighted by Crippen LogP contribution is -2.16. The van der Waals surface area contributed by atoms with Crippen molar-refractivity contribution >= 4 is 17.4 Å². The summed E-state index contributed by atoms with van der Waals surface area (Å²) in [6, 6.07) is 11.1. The van der Waals surface area contributed by atoms with E-state index >= 15 is 0 Å². The molecule has 1 atom stereocenters. The van der Waals surface area contributed by atoms with Gasteiger partial charge in [0.1, 0.15) is 16.7 Å². The summed E-state index contributed by atoms with van der Waals surface area (Å²) in [5, 5.41) is 9.94. The van der Waals surface area contributed by atoms with Crippen molar-refractivity contribution in [2.24, 2.45) is 5.92 Å². The van der Waals surface area contributed by atoms with Crippen LogP contribution in [0.25, 0.3) is 0 Å². The van der Waals surface area contributed by atoms with Crippen molar-refractivity contribution < 1.29 is 14.6 Å². The second-order valence-corrected chi connectivity index (χ2v) is 5.90. The van der Waals surface area contributed by atoms with Crippen molar-refractivity contribution in [1.29, 1.82) is 0 Å². The second kappa shape index (κ2) is 8.65. The highest BCUT2D eigenvalue weighted by atomic mass is 35.5. The molecule has 0 aliphatic rings. The number of methoxy groups -OCH3 is 1. The molecule has 0 fully saturated rings. The molecule has 2 aromatic rings. The molecular formula is C18H20ClNO3. The van der Waals surface area contributed by atoms with Crippen LogP contribution in [0, 0.1) is 5.92 Å². The van der Waals surface area contributed by atoms with Crippen LogP contribution in [0.4, 0.5) is 0 Å². The highest BCUT2D eigenvalue weighted by Gasteiger charge is 2.14. The number of aromatic nitrogens is 1. The summed E-state index contributed by atoms with van der Waals surface area (Å²) in [5.74, 6) is 0.790. The molecule has 0 radical (unpaired) electrons. The van der Waals surface area contributed by atoms with Gasteiger partial charge < -0.3 is 9.84 Å². The van der Waals surface area contributed by atoms with Gasteiger partial charge in [0, 0.05) is 25.6 Å². The molecule has 0 saturated carbocycles. The van der Waals surface area contributed by atoms with Crippen LogP contribution in [-0.2, 0) is 17.6 Å². The van der Waals surface area contributed by atoms with E-state index in [4.69, 9.17) is 16.3 Å². The Morgan fingerprint density at radius 1 is 1.22 bits per heavy atom. The molecule has 0 aliphatic heterocycles. The van der Waals surface area contributed by atoms with Crippen LogP contribution in [0.15, 0.2) is 42.6 Å². The van der Waals surface area contributed by atoms with Crippen molar-refractivity contribution in [2.75, 3.05) is 13.7 Å². The lowest BCUT2D eigenvalue weighted by molar-refractivity contribution is -0.119. The van der Waals surface area contributed by atoms with Gasteiger partial charge in [-0.3, -0.25) is 4.79 Å². The van der Waals surface area contributed by atoms with E-state index in [2.05, 4.69) is 4.98 Å². The number of carbonyl (C=O) groups excluding carboxylic acids is 1. The molecule has 5 heteroatoms. The third-order valence-corrected chi connectivity index (χ3v) is 3.87. The molecule has 0 bridgehead atoms. The number of carbonyl (C=O) groups is 1. The Kier molecular flexibility index (Phi) is 6.56. The van der Waals surface area contributed by atoms with Gasteiger partial charge in [0.15, 0.2) is 0 Å². The largest absolute Gasteiger partial charge is 0.497 e. The second-order valence-electron chi connectivity index (χ2n) is 5.51. The summed E-state index contributed by atoms with van der Waals surface area (Å²) >= 11 is 5.73. The van der Waals surface area contributed by atoms with Gasteiger partial charge in [-0.15, -0.1) is 0 Å². The minimum atomic E-state index is -0.0869. The predicted octanol–water partition coefficient (Wildman–Crippen LogP) is 3.10. The van der Waals surface area contributed by atoms with Crippen molar-refractivity contribution in [3.8, 4) is 5.75 Å². The van der Waals surface area contributed by atoms with Gasteiger partial charge in [0.2, 0.25) is 0 Å². The standard InChI is InChI=1S/C18H20ClNO3/c1-23-17-5-2-13(3-6-17)8-15(12-21)10-16(22)9-14-4-7-18(19)20-11-14/h2-7,11,15,21H,8-10,12H2,1H3. The molecule has 0 spiro atoms. The Morgan fingerprint density at radius 3 is 2.48 bits per heavy atom. The molecule has 1 heterocycles. The van der Waals surface area contributed by atoms with Gasteiger partial charge in [0.25, 0.3) is 0 Å². The number of ketones is 1. The first-order chi connectivity index (χ1) is 11.1. The van der Waals surface area contributed by atoms with E-state index in [9.17, 15) is 9.90 Å². The number of hydrogen-bond acceptors (Lipinski definition) is 4. The number of aliphatic hydroxyl groups is 1. The number of rotatable bonds is 8. The van der Waals surface area contributed by atoms with Crippen molar-refractivity contribution in [1.82, 2.24) is 4.98 Å². The van der Waals surface area contributed by atoms with Crippen LogP contribution >= 0.6 is 11.6 Å². The zero-order valence-corrected chi connectivity index (χ0v) is 13.8. The molecular weight excluding hydrogens is 314 g/mol. The van der Waals surface area contributed by atoms with Gasteiger partial charge in [-0.2, -0.15) is 0 Å². The van der Waals surface area contributed by atoms with E-state index in [1.54, 1.807) is 25.4 Å². The molecule has 0 amide bonds. The average Bonchev–Trinajstić information content (AvgIpc) is 2.57. The number of pyridine rings is 1. The first kappa shape index (κ1) is 17.4. The van der Waals surface area contributed by atoms with Crippen molar-refractivity contribution in [3.05, 3.63) is 58.9 Å². The van der Waals surface area contributed by atoms with Crippen LogP contribution < -0.4 is 4.74 Å². The Labute approximate surface area is 141 Å². The van der Waals surface area contributed by atoms with Crippen LogP contribution in [0.1, 0.15) is 17.5 Å². The summed E-state index contributed by atoms with van der Waals surface area (Å²) in [6.45, 7) is -0.0172. The van der Waals surface area contributed by atoms with Gasteiger partial charge >= 0.3 is 0 Å². The van der Waals surface area contributed by atoms with E-state index in [-0.39, 0.29) is 18.3 Å². The summed E-state index contributed by atoms with van der Waals surface area (Å²) < 4.78 is 5.12. The number of benzene rings is 1. The lowest BCUT2D eigenvalue weighted by Gasteiger charge is -2.14. The zero-order chi connectivity index (χ0) is 16.7. The lowest BCUT2D eigenvalue weighted by atomic mass is 9.93. The highest BCUT2D eigenvalue weighted by Crippen LogP contribution is 2.17. The van der Waals surface area contributed by atoms with E-state index in [0.29, 0.717) is 24.4 Å². The first-order valence-electron chi connectivity index (χ1n) is 7.46. The van der Waals surface area contributed by atoms with Gasteiger partial charge in [-0.05, 0) is 41.7 Å². The number of Topliss-reactive ketones (excluding diaryl/α,β-unsaturated/α-hetero) is 1. The molecule has 1 unspecified atom stereocenters. The fourth-order valence-electron chi connectivity index (χ4n) is 2.43. The van der Waals surface area contributed by atoms with Crippen LogP contribution in [0.2, 0.25) is 5.15 Å². The fraction of sp³-hybridized carbons (Fsp3) is 0.333. The summed E-state index contributed by atoms with van der Waals surface area (Å²) in [5.41, 5.74) is 1.91. The maximum Gasteiger partial charge on any atom is 0.137 e. The number of halogens is 1. The first-order valence-corrected chi connectivity index (χ1v) is 7.84. The maximum atomic E-state index is 12.2. The fourth-order valence-corrected chi connectivity index (χ4v) is 2.54. The van der Waals surface area contributed by atoms with Crippen LogP contribution in [-0.4, -0.2) is 29.6 Å². The molecule has 4 nitrogen and oxygen atoms in total. The zero-order valence-electron chi connectivity index (χ0n) is 13.0. The maximum absolute atomic E-state index is 12.2. The van der Waals surface area contributed by atoms with Crippen molar-refractivity contribution in [2.45, 2.75) is 19.3 Å². The number of hydrogen-bond donors (Lipinski definition) is 1. The third kappa shape index (κ3) is 5.66. The van der Waals surface area contributed by atoms with Crippen LogP contribution in [0.3, 0.4) is 0 Å². The Bertz CT molecular complexity index is 626. The average molecular weight is 334 g/mol. The Balaban J connectivity index is 1.89. The van der Waals surface area contributed by atoms with Crippen LogP contribution in [0.5, 0.6) is 5.75 Å². The van der Waals surface area contributed by atoms with Crippen molar-refractivity contribution in [3.63, 3.8) is 0 Å². The quantitative estimate of drug-likeness (QED) is 0.754. The van der Waals surface area contributed by atoms with E-state index in [1.807, 2.05) is 24.3 Å². The summed E-state index contributed by atoms with van der Waals surface area (Å²) in [7, 11) is 1.62. The molecule has 1 aromatic heterocycles. The normalized spacial score (nSPS) is 12.0. The smallest absolute Gasteiger partial charge is 0.137 e. The van der Waals surface area contributed by atoms with Gasteiger partial charge in [-0.25, -0.2) is 4.98 Å². The molecule has 1 aromatic carbocycles. The Morgan fingerprint density at radius 2 is 1.91 bits per heavy atom. The van der Waals surface area contributed by atoms with E-state index < -0.39 is 0 Å². The molecule has 0 aliphatic carbocycles. The summed E-state index contributed by atoms with van der Waals surface area (Å²) in [6.07, 6.45) is 2.91. The molecule has 0 saturated heterocycles. The SMILES string of the molecule is COc1ccc(CC(CO)CC(=O)Cc2ccc(Cl)nc2)cc1. The monoisotopic (exact) mass is 333 g/mol. The van der Waals surface area contributed by atoms with E-state index in [1.165, 1.54) is 0 Å². The number of aliphatic hydroxyl groups excluding tert-OH is 1. The van der Waals surface area contributed by atoms with Gasteiger partial charge in [-0.1, -0.05) is 29.8 Å². The third-order valence-electron chi connectivity index (χ3n) is 3.65. The van der Waals surface area contributed by atoms with E-state index in [0.717, 1.165) is 16.9 Å². The Hall–Kier alpha value is -1.91. The molecule has 23 heavy (non-hydrogen) atoms. The molecule has 1 N–H and O–H groups in total. The minimum absolute atomic E-state index is 0.0172.